The number of guanidine groups is 1. The topological polar surface area (TPSA) is 67.9 Å². The van der Waals surface area contributed by atoms with Crippen LogP contribution in [0, 0.1) is 0 Å². The van der Waals surface area contributed by atoms with Crippen LogP contribution in [0.2, 0.25) is 0 Å². The summed E-state index contributed by atoms with van der Waals surface area (Å²) in [6.45, 7) is 0.805. The highest BCUT2D eigenvalue weighted by molar-refractivity contribution is 5.78. The molecule has 1 rings (SSSR count). The number of carbonyl (C=O) groups excluding carboxylic acids is 1. The molecular formula is C14H27N3O2. The highest BCUT2D eigenvalue weighted by atomic mass is 16.5. The molecule has 2 N–H and O–H groups in total. The van der Waals surface area contributed by atoms with E-state index in [1.807, 2.05) is 7.05 Å². The number of aliphatic imine (C=N–C) groups is 1. The lowest BCUT2D eigenvalue weighted by Gasteiger charge is -2.16. The molecule has 0 saturated heterocycles. The predicted molar refractivity (Wildman–Crippen MR) is 77.0 cm³/mol. The van der Waals surface area contributed by atoms with Crippen molar-refractivity contribution in [2.24, 2.45) is 10.7 Å². The van der Waals surface area contributed by atoms with E-state index in [0.29, 0.717) is 18.4 Å². The molecule has 0 radical (unpaired) electrons. The van der Waals surface area contributed by atoms with E-state index in [0.717, 1.165) is 38.6 Å². The van der Waals surface area contributed by atoms with Gasteiger partial charge in [0.2, 0.25) is 0 Å². The third kappa shape index (κ3) is 7.03. The summed E-state index contributed by atoms with van der Waals surface area (Å²) in [6, 6.07) is 0.627. The third-order valence-electron chi connectivity index (χ3n) is 3.50. The molecule has 1 saturated carbocycles. The smallest absolute Gasteiger partial charge is 0.305 e. The van der Waals surface area contributed by atoms with Crippen LogP contribution in [-0.4, -0.2) is 43.6 Å². The Hall–Kier alpha value is -1.26. The van der Waals surface area contributed by atoms with E-state index in [9.17, 15) is 4.79 Å². The molecule has 0 aromatic rings. The summed E-state index contributed by atoms with van der Waals surface area (Å²) in [5.74, 6) is 0.564. The fourth-order valence-electron chi connectivity index (χ4n) is 1.97. The van der Waals surface area contributed by atoms with Crippen LogP contribution in [0.15, 0.2) is 4.99 Å². The van der Waals surface area contributed by atoms with E-state index in [1.54, 1.807) is 0 Å². The Bertz CT molecular complexity index is 301. The number of unbranched alkanes of at least 4 members (excludes halogenated alkanes) is 4. The first kappa shape index (κ1) is 15.8. The maximum Gasteiger partial charge on any atom is 0.305 e. The quantitative estimate of drug-likeness (QED) is 0.300. The largest absolute Gasteiger partial charge is 0.469 e. The van der Waals surface area contributed by atoms with Gasteiger partial charge in [0.25, 0.3) is 0 Å². The van der Waals surface area contributed by atoms with Crippen molar-refractivity contribution in [1.82, 2.24) is 4.90 Å². The van der Waals surface area contributed by atoms with Gasteiger partial charge in [-0.3, -0.25) is 9.79 Å². The van der Waals surface area contributed by atoms with Gasteiger partial charge in [-0.05, 0) is 25.7 Å². The molecule has 0 unspecified atom stereocenters. The summed E-state index contributed by atoms with van der Waals surface area (Å²) in [5.41, 5.74) is 5.89. The molecule has 0 heterocycles. The predicted octanol–water partition coefficient (Wildman–Crippen LogP) is 1.91. The molecule has 1 aliphatic rings. The molecular weight excluding hydrogens is 242 g/mol. The SMILES string of the molecule is COC(=O)CCCCCCCN=C(N)N(C)C1CC1. The summed E-state index contributed by atoms with van der Waals surface area (Å²) in [6.07, 6.45) is 8.37. The van der Waals surface area contributed by atoms with Crippen molar-refractivity contribution >= 4 is 11.9 Å². The molecule has 1 aliphatic carbocycles. The fourth-order valence-corrected chi connectivity index (χ4v) is 1.97. The first-order valence-electron chi connectivity index (χ1n) is 7.24. The third-order valence-corrected chi connectivity index (χ3v) is 3.50. The van der Waals surface area contributed by atoms with Gasteiger partial charge in [0.05, 0.1) is 7.11 Å². The average Bonchev–Trinajstić information content (AvgIpc) is 3.24. The van der Waals surface area contributed by atoms with Gasteiger partial charge in [0, 0.05) is 26.1 Å². The number of nitrogens with two attached hydrogens (primary N) is 1. The average molecular weight is 269 g/mol. The van der Waals surface area contributed by atoms with Gasteiger partial charge in [-0.1, -0.05) is 19.3 Å². The zero-order valence-electron chi connectivity index (χ0n) is 12.2. The van der Waals surface area contributed by atoms with E-state index in [4.69, 9.17) is 5.73 Å². The number of nitrogens with zero attached hydrogens (tertiary/aromatic N) is 2. The van der Waals surface area contributed by atoms with Gasteiger partial charge in [-0.25, -0.2) is 0 Å². The van der Waals surface area contributed by atoms with Crippen molar-refractivity contribution in [3.05, 3.63) is 0 Å². The van der Waals surface area contributed by atoms with Gasteiger partial charge in [-0.15, -0.1) is 0 Å². The van der Waals surface area contributed by atoms with E-state index < -0.39 is 0 Å². The molecule has 0 aromatic carbocycles. The zero-order chi connectivity index (χ0) is 14.1. The lowest BCUT2D eigenvalue weighted by Crippen LogP contribution is -2.35. The van der Waals surface area contributed by atoms with Crippen LogP contribution < -0.4 is 5.73 Å². The van der Waals surface area contributed by atoms with Crippen LogP contribution in [0.3, 0.4) is 0 Å². The molecule has 0 spiro atoms. The molecule has 5 heteroatoms. The van der Waals surface area contributed by atoms with Gasteiger partial charge in [-0.2, -0.15) is 0 Å². The minimum atomic E-state index is -0.111. The molecule has 0 aromatic heterocycles. The van der Waals surface area contributed by atoms with Gasteiger partial charge < -0.3 is 15.4 Å². The number of carbonyl (C=O) groups is 1. The molecule has 0 atom stereocenters. The van der Waals surface area contributed by atoms with Gasteiger partial charge >= 0.3 is 5.97 Å². The van der Waals surface area contributed by atoms with Crippen molar-refractivity contribution < 1.29 is 9.53 Å². The van der Waals surface area contributed by atoms with Crippen LogP contribution in [-0.2, 0) is 9.53 Å². The normalized spacial score (nSPS) is 15.4. The Morgan fingerprint density at radius 2 is 1.89 bits per heavy atom. The first-order valence-corrected chi connectivity index (χ1v) is 7.24. The van der Waals surface area contributed by atoms with Crippen molar-refractivity contribution in [3.63, 3.8) is 0 Å². The van der Waals surface area contributed by atoms with Crippen LogP contribution in [0.4, 0.5) is 0 Å². The first-order chi connectivity index (χ1) is 9.15. The van der Waals surface area contributed by atoms with Gasteiger partial charge in [0.15, 0.2) is 5.96 Å². The summed E-state index contributed by atoms with van der Waals surface area (Å²) >= 11 is 0. The van der Waals surface area contributed by atoms with Crippen LogP contribution >= 0.6 is 0 Å². The second kappa shape index (κ2) is 8.77. The van der Waals surface area contributed by atoms with Crippen molar-refractivity contribution in [3.8, 4) is 0 Å². The standard InChI is InChI=1S/C14H27N3O2/c1-17(12-9-10-12)14(15)16-11-7-5-3-4-6-8-13(18)19-2/h12H,3-11H2,1-2H3,(H2,15,16). The van der Waals surface area contributed by atoms with Crippen LogP contribution in [0.1, 0.15) is 51.4 Å². The second-order valence-electron chi connectivity index (χ2n) is 5.18. The van der Waals surface area contributed by atoms with E-state index in [2.05, 4.69) is 14.6 Å². The van der Waals surface area contributed by atoms with Crippen LogP contribution in [0.5, 0.6) is 0 Å². The summed E-state index contributed by atoms with van der Waals surface area (Å²) in [4.78, 5) is 17.4. The number of ether oxygens (including phenoxy) is 1. The second-order valence-corrected chi connectivity index (χ2v) is 5.18. The molecule has 0 aliphatic heterocycles. The highest BCUT2D eigenvalue weighted by Crippen LogP contribution is 2.24. The number of esters is 1. The Morgan fingerprint density at radius 3 is 2.53 bits per heavy atom. The number of hydrogen-bond acceptors (Lipinski definition) is 3. The van der Waals surface area contributed by atoms with E-state index in [1.165, 1.54) is 20.0 Å². The molecule has 0 amide bonds. The summed E-state index contributed by atoms with van der Waals surface area (Å²) in [7, 11) is 3.45. The summed E-state index contributed by atoms with van der Waals surface area (Å²) < 4.78 is 4.59. The molecule has 0 bridgehead atoms. The molecule has 1 fully saturated rings. The van der Waals surface area contributed by atoms with E-state index in [-0.39, 0.29) is 5.97 Å². The maximum atomic E-state index is 10.9. The molecule has 5 nitrogen and oxygen atoms in total. The van der Waals surface area contributed by atoms with Crippen molar-refractivity contribution in [2.75, 3.05) is 20.7 Å². The number of hydrogen-bond donors (Lipinski definition) is 1. The Morgan fingerprint density at radius 1 is 1.26 bits per heavy atom. The number of methoxy groups -OCH3 is 1. The Labute approximate surface area is 116 Å². The monoisotopic (exact) mass is 269 g/mol. The number of rotatable bonds is 9. The maximum absolute atomic E-state index is 10.9. The fraction of sp³-hybridized carbons (Fsp3) is 0.857. The van der Waals surface area contributed by atoms with Gasteiger partial charge in [0.1, 0.15) is 0 Å². The summed E-state index contributed by atoms with van der Waals surface area (Å²) in [5, 5.41) is 0. The minimum Gasteiger partial charge on any atom is -0.469 e. The zero-order valence-corrected chi connectivity index (χ0v) is 12.2. The lowest BCUT2D eigenvalue weighted by atomic mass is 10.1. The van der Waals surface area contributed by atoms with E-state index >= 15 is 0 Å². The Kier molecular flexibility index (Phi) is 7.30. The molecule has 19 heavy (non-hydrogen) atoms. The van der Waals surface area contributed by atoms with Crippen molar-refractivity contribution in [1.29, 1.82) is 0 Å². The lowest BCUT2D eigenvalue weighted by molar-refractivity contribution is -0.140. The van der Waals surface area contributed by atoms with Crippen molar-refractivity contribution in [2.45, 2.75) is 57.4 Å². The Balaban J connectivity index is 1.93. The highest BCUT2D eigenvalue weighted by Gasteiger charge is 2.27. The molecule has 110 valence electrons. The minimum absolute atomic E-state index is 0.111. The van der Waals surface area contributed by atoms with Crippen LogP contribution in [0.25, 0.3) is 0 Å².